The summed E-state index contributed by atoms with van der Waals surface area (Å²) in [5, 5.41) is 18.0. The van der Waals surface area contributed by atoms with E-state index in [2.05, 4.69) is 0 Å². The zero-order valence-corrected chi connectivity index (χ0v) is 8.68. The predicted octanol–water partition coefficient (Wildman–Crippen LogP) is 0.677. The van der Waals surface area contributed by atoms with Crippen LogP contribution < -0.4 is 9.47 Å². The molecular formula is C10H10O6. The molecule has 0 fully saturated rings. The van der Waals surface area contributed by atoms with E-state index in [0.29, 0.717) is 0 Å². The van der Waals surface area contributed by atoms with Crippen molar-refractivity contribution in [1.82, 2.24) is 0 Å². The largest absolute Gasteiger partial charge is 0.507 e. The van der Waals surface area contributed by atoms with Crippen LogP contribution in [0.2, 0.25) is 0 Å². The van der Waals surface area contributed by atoms with Gasteiger partial charge in [0.15, 0.2) is 11.5 Å². The lowest BCUT2D eigenvalue weighted by Crippen LogP contribution is -2.13. The zero-order valence-electron chi connectivity index (χ0n) is 8.68. The number of phenols is 1. The first kappa shape index (κ1) is 11.8. The molecule has 0 spiro atoms. The molecule has 0 aromatic heterocycles. The maximum absolute atomic E-state index is 11.2. The third-order valence-electron chi connectivity index (χ3n) is 1.94. The molecule has 6 heteroatoms. The Morgan fingerprint density at radius 2 is 1.62 bits per heavy atom. The van der Waals surface area contributed by atoms with E-state index in [-0.39, 0.29) is 17.1 Å². The van der Waals surface area contributed by atoms with Crippen LogP contribution >= 0.6 is 0 Å². The monoisotopic (exact) mass is 226 g/mol. The first-order valence-corrected chi connectivity index (χ1v) is 4.23. The van der Waals surface area contributed by atoms with Crippen molar-refractivity contribution in [2.24, 2.45) is 0 Å². The third-order valence-corrected chi connectivity index (χ3v) is 1.94. The number of carboxylic acid groups (broad SMARTS) is 1. The van der Waals surface area contributed by atoms with Gasteiger partial charge in [0.05, 0.1) is 19.8 Å². The predicted molar refractivity (Wildman–Crippen MR) is 53.2 cm³/mol. The number of rotatable bonds is 4. The van der Waals surface area contributed by atoms with Crippen molar-refractivity contribution < 1.29 is 29.3 Å². The Balaban J connectivity index is 3.32. The summed E-state index contributed by atoms with van der Waals surface area (Å²) in [6, 6.07) is 2.24. The molecule has 0 aliphatic carbocycles. The molecule has 86 valence electrons. The number of carbonyl (C=O) groups is 2. The van der Waals surface area contributed by atoms with E-state index in [9.17, 15) is 14.7 Å². The first-order chi connectivity index (χ1) is 7.51. The Kier molecular flexibility index (Phi) is 3.34. The minimum Gasteiger partial charge on any atom is -0.507 e. The molecule has 0 amide bonds. The van der Waals surface area contributed by atoms with Crippen LogP contribution in [0.1, 0.15) is 10.4 Å². The second kappa shape index (κ2) is 4.52. The number of benzene rings is 1. The van der Waals surface area contributed by atoms with Gasteiger partial charge in [-0.05, 0) is 6.07 Å². The standard InChI is InChI=1S/C10H10O6/c1-15-7-3-5(9(12)10(13)14)6(11)4-8(7)16-2/h3-4,11H,1-2H3,(H,13,14). The fourth-order valence-electron chi connectivity index (χ4n) is 1.17. The Morgan fingerprint density at radius 3 is 2.06 bits per heavy atom. The van der Waals surface area contributed by atoms with Crippen LogP contribution in [0.3, 0.4) is 0 Å². The molecule has 1 rings (SSSR count). The van der Waals surface area contributed by atoms with Gasteiger partial charge in [0.25, 0.3) is 5.78 Å². The summed E-state index contributed by atoms with van der Waals surface area (Å²) in [6.45, 7) is 0. The molecular weight excluding hydrogens is 216 g/mol. The molecule has 0 bridgehead atoms. The number of ether oxygens (including phenoxy) is 2. The van der Waals surface area contributed by atoms with Crippen molar-refractivity contribution in [3.63, 3.8) is 0 Å². The van der Waals surface area contributed by atoms with Crippen molar-refractivity contribution in [2.45, 2.75) is 0 Å². The molecule has 1 aromatic rings. The average molecular weight is 226 g/mol. The highest BCUT2D eigenvalue weighted by atomic mass is 16.5. The van der Waals surface area contributed by atoms with Crippen molar-refractivity contribution in [2.75, 3.05) is 14.2 Å². The van der Waals surface area contributed by atoms with Crippen molar-refractivity contribution in [3.05, 3.63) is 17.7 Å². The Hall–Kier alpha value is -2.24. The fourth-order valence-corrected chi connectivity index (χ4v) is 1.17. The lowest BCUT2D eigenvalue weighted by atomic mass is 10.1. The zero-order chi connectivity index (χ0) is 12.3. The highest BCUT2D eigenvalue weighted by molar-refractivity contribution is 6.40. The number of hydrogen-bond acceptors (Lipinski definition) is 5. The molecule has 0 aliphatic rings. The topological polar surface area (TPSA) is 93.1 Å². The summed E-state index contributed by atoms with van der Waals surface area (Å²) in [5.41, 5.74) is -0.342. The van der Waals surface area contributed by atoms with Gasteiger partial charge in [-0.1, -0.05) is 0 Å². The van der Waals surface area contributed by atoms with Crippen molar-refractivity contribution >= 4 is 11.8 Å². The second-order valence-corrected chi connectivity index (χ2v) is 2.86. The smallest absolute Gasteiger partial charge is 0.377 e. The van der Waals surface area contributed by atoms with Crippen LogP contribution in [0.15, 0.2) is 12.1 Å². The SMILES string of the molecule is COc1cc(O)c(C(=O)C(=O)O)cc1OC. The lowest BCUT2D eigenvalue weighted by Gasteiger charge is -2.09. The summed E-state index contributed by atoms with van der Waals surface area (Å²) in [7, 11) is 2.69. The van der Waals surface area contributed by atoms with Crippen molar-refractivity contribution in [1.29, 1.82) is 0 Å². The number of carboxylic acids is 1. The highest BCUT2D eigenvalue weighted by Gasteiger charge is 2.21. The van der Waals surface area contributed by atoms with E-state index in [1.54, 1.807) is 0 Å². The van der Waals surface area contributed by atoms with Crippen LogP contribution in [0, 0.1) is 0 Å². The van der Waals surface area contributed by atoms with Crippen LogP contribution in [-0.4, -0.2) is 36.2 Å². The van der Waals surface area contributed by atoms with Crippen LogP contribution in [0.25, 0.3) is 0 Å². The van der Waals surface area contributed by atoms with Crippen LogP contribution in [-0.2, 0) is 4.79 Å². The van der Waals surface area contributed by atoms with Crippen LogP contribution in [0.4, 0.5) is 0 Å². The summed E-state index contributed by atoms with van der Waals surface area (Å²) in [6.07, 6.45) is 0. The van der Waals surface area contributed by atoms with E-state index < -0.39 is 17.5 Å². The molecule has 6 nitrogen and oxygen atoms in total. The molecule has 0 radical (unpaired) electrons. The molecule has 0 saturated heterocycles. The van der Waals surface area contributed by atoms with E-state index in [4.69, 9.17) is 14.6 Å². The molecule has 2 N–H and O–H groups in total. The first-order valence-electron chi connectivity index (χ1n) is 4.23. The van der Waals surface area contributed by atoms with Gasteiger partial charge in [-0.15, -0.1) is 0 Å². The Labute approximate surface area is 91.0 Å². The van der Waals surface area contributed by atoms with Gasteiger partial charge in [-0.25, -0.2) is 4.79 Å². The summed E-state index contributed by atoms with van der Waals surface area (Å²) < 4.78 is 9.75. The number of Topliss-reactive ketones (excluding diaryl/α,β-unsaturated/α-hetero) is 1. The Morgan fingerprint density at radius 1 is 1.12 bits per heavy atom. The van der Waals surface area contributed by atoms with Crippen molar-refractivity contribution in [3.8, 4) is 17.2 Å². The number of carbonyl (C=O) groups excluding carboxylic acids is 1. The van der Waals surface area contributed by atoms with Gasteiger partial charge in [-0.2, -0.15) is 0 Å². The average Bonchev–Trinajstić information content (AvgIpc) is 2.27. The van der Waals surface area contributed by atoms with E-state index in [1.165, 1.54) is 14.2 Å². The van der Waals surface area contributed by atoms with Gasteiger partial charge in [0, 0.05) is 6.07 Å². The van der Waals surface area contributed by atoms with Gasteiger partial charge < -0.3 is 19.7 Å². The summed E-state index contributed by atoms with van der Waals surface area (Å²) in [5.74, 6) is -2.95. The molecule has 0 unspecified atom stereocenters. The minimum absolute atomic E-state index is 0.171. The van der Waals surface area contributed by atoms with Gasteiger partial charge >= 0.3 is 5.97 Å². The fraction of sp³-hybridized carbons (Fsp3) is 0.200. The van der Waals surface area contributed by atoms with Crippen LogP contribution in [0.5, 0.6) is 17.2 Å². The van der Waals surface area contributed by atoms with E-state index >= 15 is 0 Å². The normalized spacial score (nSPS) is 9.62. The molecule has 0 saturated carbocycles. The number of phenolic OH excluding ortho intramolecular Hbond substituents is 1. The molecule has 16 heavy (non-hydrogen) atoms. The Bertz CT molecular complexity index is 437. The summed E-state index contributed by atoms with van der Waals surface area (Å²) >= 11 is 0. The molecule has 1 aromatic carbocycles. The number of ketones is 1. The quantitative estimate of drug-likeness (QED) is 0.579. The van der Waals surface area contributed by atoms with E-state index in [1.807, 2.05) is 0 Å². The second-order valence-electron chi connectivity index (χ2n) is 2.86. The molecule has 0 aliphatic heterocycles. The maximum atomic E-state index is 11.2. The van der Waals surface area contributed by atoms with Gasteiger partial charge in [0.2, 0.25) is 0 Å². The van der Waals surface area contributed by atoms with E-state index in [0.717, 1.165) is 12.1 Å². The number of hydrogen-bond donors (Lipinski definition) is 2. The molecule has 0 atom stereocenters. The van der Waals surface area contributed by atoms with Gasteiger partial charge in [0.1, 0.15) is 5.75 Å². The molecule has 0 heterocycles. The minimum atomic E-state index is -1.65. The third kappa shape index (κ3) is 2.05. The number of aliphatic carboxylic acids is 1. The number of methoxy groups -OCH3 is 2. The maximum Gasteiger partial charge on any atom is 0.377 e. The lowest BCUT2D eigenvalue weighted by molar-refractivity contribution is -0.131. The summed E-state index contributed by atoms with van der Waals surface area (Å²) in [4.78, 5) is 21.7. The highest BCUT2D eigenvalue weighted by Crippen LogP contribution is 2.34. The number of aromatic hydroxyl groups is 1. The van der Waals surface area contributed by atoms with Gasteiger partial charge in [-0.3, -0.25) is 4.79 Å².